The number of benzene rings is 3. The molecule has 0 aromatic heterocycles. The zero-order chi connectivity index (χ0) is 33.2. The predicted molar refractivity (Wildman–Crippen MR) is 169 cm³/mol. The van der Waals surface area contributed by atoms with Crippen LogP contribution in [0.2, 0.25) is 0 Å². The summed E-state index contributed by atoms with van der Waals surface area (Å²) in [5.74, 6) is -0.310. The first kappa shape index (κ1) is 40.5. The van der Waals surface area contributed by atoms with E-state index in [0.717, 1.165) is 23.1 Å². The van der Waals surface area contributed by atoms with Crippen molar-refractivity contribution in [1.29, 1.82) is 0 Å². The van der Waals surface area contributed by atoms with Gasteiger partial charge in [0.15, 0.2) is 0 Å². The average molecular weight is 652 g/mol. The third-order valence-electron chi connectivity index (χ3n) is 6.03. The normalized spacial score (nSPS) is 12.0. The number of nitro benzene ring substituents is 3. The number of rotatable bonds is 12. The van der Waals surface area contributed by atoms with Crippen LogP contribution in [0.25, 0.3) is 0 Å². The summed E-state index contributed by atoms with van der Waals surface area (Å²) in [5, 5.41) is 48.6. The fourth-order valence-electron chi connectivity index (χ4n) is 3.58. The maximum absolute atomic E-state index is 11.0. The molecule has 3 unspecified atom stereocenters. The third-order valence-corrected chi connectivity index (χ3v) is 6.03. The van der Waals surface area contributed by atoms with Gasteiger partial charge in [0.1, 0.15) is 6.04 Å². The van der Waals surface area contributed by atoms with E-state index < -0.39 is 26.8 Å². The number of ether oxygens (including phenoxy) is 1. The number of carbonyl (C=O) groups is 1. The van der Waals surface area contributed by atoms with Crippen LogP contribution < -0.4 is 11.5 Å². The largest absolute Gasteiger partial charge is 0.468 e. The van der Waals surface area contributed by atoms with Crippen LogP contribution in [-0.2, 0) is 28.8 Å². The minimum atomic E-state index is -0.744. The van der Waals surface area contributed by atoms with Gasteiger partial charge in [0.2, 0.25) is 0 Å². The topological polar surface area (TPSA) is 248 Å². The fraction of sp³-hybridized carbons (Fsp3) is 0.345. The Morgan fingerprint density at radius 2 is 1.02 bits per heavy atom. The number of aliphatic hydroxyl groups is 2. The number of carbonyl (C=O) groups excluding carboxylic acids is 1. The number of nitro groups is 3. The molecule has 0 amide bonds. The number of non-ortho nitro benzene ring substituents is 3. The lowest BCUT2D eigenvalue weighted by Gasteiger charge is -2.08. The van der Waals surface area contributed by atoms with Gasteiger partial charge in [-0.05, 0) is 41.9 Å². The molecule has 0 aliphatic heterocycles. The molecule has 3 atom stereocenters. The Hall–Kier alpha value is -4.54. The number of hydrogen-bond donors (Lipinski definition) is 4. The van der Waals surface area contributed by atoms with E-state index in [1.165, 1.54) is 43.5 Å². The van der Waals surface area contributed by atoms with Crippen molar-refractivity contribution in [1.82, 2.24) is 0 Å². The molecule has 3 aromatic carbocycles. The van der Waals surface area contributed by atoms with Crippen molar-refractivity contribution in [2.75, 3.05) is 20.3 Å². The molecule has 0 saturated carbocycles. The van der Waals surface area contributed by atoms with Crippen LogP contribution in [-0.4, -0.2) is 63.4 Å². The second-order valence-corrected chi connectivity index (χ2v) is 9.74. The minimum Gasteiger partial charge on any atom is -0.468 e. The van der Waals surface area contributed by atoms with Crippen LogP contribution >= 0.6 is 12.4 Å². The van der Waals surface area contributed by atoms with Crippen molar-refractivity contribution in [3.05, 3.63) is 120 Å². The maximum Gasteiger partial charge on any atom is 0.322 e. The van der Waals surface area contributed by atoms with Crippen LogP contribution in [0.1, 0.15) is 23.6 Å². The quantitative estimate of drug-likeness (QED) is 0.125. The van der Waals surface area contributed by atoms with Gasteiger partial charge >= 0.3 is 5.97 Å². The highest BCUT2D eigenvalue weighted by Gasteiger charge is 2.15. The molecule has 3 aromatic rings. The monoisotopic (exact) mass is 651 g/mol. The van der Waals surface area contributed by atoms with Gasteiger partial charge in [0, 0.05) is 49.0 Å². The number of halogens is 1. The summed E-state index contributed by atoms with van der Waals surface area (Å²) < 4.78 is 4.47. The zero-order valence-corrected chi connectivity index (χ0v) is 25.6. The van der Waals surface area contributed by atoms with E-state index >= 15 is 0 Å². The Bertz CT molecular complexity index is 1280. The van der Waals surface area contributed by atoms with Gasteiger partial charge in [0.25, 0.3) is 17.1 Å². The summed E-state index contributed by atoms with van der Waals surface area (Å²) in [4.78, 5) is 40.8. The molecule has 0 radical (unpaired) electrons. The molecule has 0 bridgehead atoms. The van der Waals surface area contributed by atoms with Gasteiger partial charge in [-0.25, -0.2) is 0 Å². The Morgan fingerprint density at radius 1 is 0.689 bits per heavy atom. The van der Waals surface area contributed by atoms with Gasteiger partial charge in [-0.2, -0.15) is 0 Å². The molecule has 246 valence electrons. The van der Waals surface area contributed by atoms with Crippen molar-refractivity contribution in [2.24, 2.45) is 17.4 Å². The van der Waals surface area contributed by atoms with Gasteiger partial charge in [-0.15, -0.1) is 12.4 Å². The van der Waals surface area contributed by atoms with E-state index in [4.69, 9.17) is 21.7 Å². The molecule has 0 aliphatic carbocycles. The van der Waals surface area contributed by atoms with E-state index in [1.54, 1.807) is 36.4 Å². The lowest BCUT2D eigenvalue weighted by Crippen LogP contribution is -2.33. The fourth-order valence-corrected chi connectivity index (χ4v) is 3.58. The molecular weight excluding hydrogens is 614 g/mol. The highest BCUT2D eigenvalue weighted by molar-refractivity contribution is 5.85. The van der Waals surface area contributed by atoms with Crippen LogP contribution in [0.4, 0.5) is 17.1 Å². The van der Waals surface area contributed by atoms with E-state index in [9.17, 15) is 35.1 Å². The average Bonchev–Trinajstić information content (AvgIpc) is 3.01. The Labute approximate surface area is 265 Å². The molecule has 0 spiro atoms. The van der Waals surface area contributed by atoms with Crippen molar-refractivity contribution in [3.63, 3.8) is 0 Å². The first-order valence-electron chi connectivity index (χ1n) is 13.3. The number of aliphatic hydroxyl groups excluding tert-OH is 2. The Morgan fingerprint density at radius 3 is 1.31 bits per heavy atom. The van der Waals surface area contributed by atoms with Crippen LogP contribution in [0.3, 0.4) is 0 Å². The standard InChI is InChI=1S/C10H12N2O4.C10H13NO3.C9H12N2O3.ClH/c1-16-10(13)9(11)6-7-2-4-8(5-3-7)12(14)15;1-8(7-12)6-9-2-4-10(5-3-9)11(13)14;10-8(6-12)5-7-1-3-9(4-2-7)11(13)14;/h2-5,9H,6,11H2,1H3;2-5,8,12H,6-7H2,1H3;1-4,8,12H,5-6,10H2;1H. The summed E-state index contributed by atoms with van der Waals surface area (Å²) in [6.07, 6.45) is 1.56. The highest BCUT2D eigenvalue weighted by Crippen LogP contribution is 2.15. The number of nitrogens with zero attached hydrogens (tertiary/aromatic N) is 3. The van der Waals surface area contributed by atoms with Crippen molar-refractivity contribution >= 4 is 35.4 Å². The van der Waals surface area contributed by atoms with Gasteiger partial charge < -0.3 is 26.4 Å². The lowest BCUT2D eigenvalue weighted by atomic mass is 10.0. The van der Waals surface area contributed by atoms with Crippen LogP contribution in [0, 0.1) is 36.3 Å². The summed E-state index contributed by atoms with van der Waals surface area (Å²) in [5.41, 5.74) is 13.9. The highest BCUT2D eigenvalue weighted by atomic mass is 35.5. The second kappa shape index (κ2) is 21.2. The summed E-state index contributed by atoms with van der Waals surface area (Å²) >= 11 is 0. The number of methoxy groups -OCH3 is 1. The molecule has 16 heteroatoms. The summed E-state index contributed by atoms with van der Waals surface area (Å²) in [7, 11) is 1.26. The zero-order valence-electron chi connectivity index (χ0n) is 24.8. The van der Waals surface area contributed by atoms with E-state index in [1.807, 2.05) is 6.92 Å². The first-order chi connectivity index (χ1) is 20.8. The summed E-state index contributed by atoms with van der Waals surface area (Å²) in [6.45, 7) is 1.98. The minimum absolute atomic E-state index is 0. The van der Waals surface area contributed by atoms with Gasteiger partial charge in [-0.3, -0.25) is 35.1 Å². The molecular formula is C29H38ClN5O10. The molecule has 0 saturated heterocycles. The second-order valence-electron chi connectivity index (χ2n) is 9.74. The smallest absolute Gasteiger partial charge is 0.322 e. The van der Waals surface area contributed by atoms with Crippen molar-refractivity contribution in [3.8, 4) is 0 Å². The number of esters is 1. The number of hydrogen-bond acceptors (Lipinski definition) is 12. The Kier molecular flexibility index (Phi) is 19.1. The van der Waals surface area contributed by atoms with Crippen LogP contribution in [0.5, 0.6) is 0 Å². The van der Waals surface area contributed by atoms with E-state index in [0.29, 0.717) is 12.8 Å². The summed E-state index contributed by atoms with van der Waals surface area (Å²) in [6, 6.07) is 17.4. The van der Waals surface area contributed by atoms with E-state index in [-0.39, 0.29) is 54.6 Å². The molecule has 15 nitrogen and oxygen atoms in total. The number of nitrogens with two attached hydrogens (primary N) is 2. The van der Waals surface area contributed by atoms with E-state index in [2.05, 4.69) is 4.74 Å². The molecule has 45 heavy (non-hydrogen) atoms. The molecule has 0 fully saturated rings. The molecule has 0 heterocycles. The van der Waals surface area contributed by atoms with Crippen molar-refractivity contribution < 1.29 is 34.5 Å². The van der Waals surface area contributed by atoms with Crippen LogP contribution in [0.15, 0.2) is 72.8 Å². The molecule has 3 rings (SSSR count). The third kappa shape index (κ3) is 15.7. The van der Waals surface area contributed by atoms with Gasteiger partial charge in [-0.1, -0.05) is 43.3 Å². The molecule has 0 aliphatic rings. The lowest BCUT2D eigenvalue weighted by molar-refractivity contribution is -0.385. The van der Waals surface area contributed by atoms with Crippen molar-refractivity contribution in [2.45, 2.75) is 38.3 Å². The Balaban J connectivity index is 0.000000640. The predicted octanol–water partition coefficient (Wildman–Crippen LogP) is 3.28. The first-order valence-corrected chi connectivity index (χ1v) is 13.3. The molecule has 6 N–H and O–H groups in total. The SMILES string of the molecule is CC(CO)Cc1ccc([N+](=O)[O-])cc1.COC(=O)C(N)Cc1ccc([N+](=O)[O-])cc1.Cl.NC(CO)Cc1ccc([N+](=O)[O-])cc1. The maximum atomic E-state index is 11.0. The van der Waals surface area contributed by atoms with Gasteiger partial charge in [0.05, 0.1) is 28.5 Å².